The van der Waals surface area contributed by atoms with Gasteiger partial charge in [-0.15, -0.1) is 10.2 Å². The summed E-state index contributed by atoms with van der Waals surface area (Å²) in [4.78, 5) is 16.3. The SMILES string of the molecule is O=C(Nc1ccc(-n2cnnc2)nc1)c1cccc(Br)c1. The number of carbonyl (C=O) groups is 1. The van der Waals surface area contributed by atoms with E-state index in [1.807, 2.05) is 12.1 Å². The molecule has 0 radical (unpaired) electrons. The first kappa shape index (κ1) is 13.4. The Hall–Kier alpha value is -2.54. The molecule has 104 valence electrons. The zero-order valence-electron chi connectivity index (χ0n) is 10.8. The summed E-state index contributed by atoms with van der Waals surface area (Å²) in [6, 6.07) is 10.7. The summed E-state index contributed by atoms with van der Waals surface area (Å²) in [5.74, 6) is 0.496. The Balaban J connectivity index is 1.75. The lowest BCUT2D eigenvalue weighted by Gasteiger charge is -2.06. The van der Waals surface area contributed by atoms with Gasteiger partial charge in [0.05, 0.1) is 11.9 Å². The summed E-state index contributed by atoms with van der Waals surface area (Å²) < 4.78 is 2.54. The van der Waals surface area contributed by atoms with Gasteiger partial charge in [0.2, 0.25) is 0 Å². The van der Waals surface area contributed by atoms with Crippen molar-refractivity contribution in [1.29, 1.82) is 0 Å². The maximum atomic E-state index is 12.1. The molecule has 1 aromatic carbocycles. The molecular formula is C14H10BrN5O. The fourth-order valence-corrected chi connectivity index (χ4v) is 2.16. The fourth-order valence-electron chi connectivity index (χ4n) is 1.76. The van der Waals surface area contributed by atoms with Crippen molar-refractivity contribution >= 4 is 27.5 Å². The van der Waals surface area contributed by atoms with Gasteiger partial charge in [0, 0.05) is 10.0 Å². The fraction of sp³-hybridized carbons (Fsp3) is 0. The van der Waals surface area contributed by atoms with E-state index in [0.29, 0.717) is 17.1 Å². The number of rotatable bonds is 3. The molecule has 0 spiro atoms. The second-order valence-corrected chi connectivity index (χ2v) is 5.15. The topological polar surface area (TPSA) is 72.7 Å². The average Bonchev–Trinajstić information content (AvgIpc) is 3.02. The van der Waals surface area contributed by atoms with E-state index in [2.05, 4.69) is 36.4 Å². The van der Waals surface area contributed by atoms with E-state index in [-0.39, 0.29) is 5.91 Å². The number of halogens is 1. The lowest BCUT2D eigenvalue weighted by atomic mass is 10.2. The van der Waals surface area contributed by atoms with E-state index < -0.39 is 0 Å². The van der Waals surface area contributed by atoms with Gasteiger partial charge in [0.25, 0.3) is 5.91 Å². The molecule has 21 heavy (non-hydrogen) atoms. The number of nitrogens with one attached hydrogen (secondary N) is 1. The first-order valence-corrected chi connectivity index (χ1v) is 6.90. The van der Waals surface area contributed by atoms with Gasteiger partial charge in [0.1, 0.15) is 18.5 Å². The summed E-state index contributed by atoms with van der Waals surface area (Å²) in [7, 11) is 0. The summed E-state index contributed by atoms with van der Waals surface area (Å²) in [5, 5.41) is 10.2. The van der Waals surface area contributed by atoms with Crippen LogP contribution in [-0.2, 0) is 0 Å². The molecule has 0 saturated carbocycles. The van der Waals surface area contributed by atoms with E-state index in [9.17, 15) is 4.79 Å². The van der Waals surface area contributed by atoms with E-state index in [1.54, 1.807) is 47.7 Å². The van der Waals surface area contributed by atoms with Crippen molar-refractivity contribution < 1.29 is 4.79 Å². The van der Waals surface area contributed by atoms with Crippen molar-refractivity contribution in [2.45, 2.75) is 0 Å². The molecule has 0 unspecified atom stereocenters. The van der Waals surface area contributed by atoms with Crippen molar-refractivity contribution in [2.75, 3.05) is 5.32 Å². The van der Waals surface area contributed by atoms with Crippen molar-refractivity contribution in [3.05, 3.63) is 65.3 Å². The minimum Gasteiger partial charge on any atom is -0.321 e. The van der Waals surface area contributed by atoms with Crippen LogP contribution in [0.4, 0.5) is 5.69 Å². The Kier molecular flexibility index (Phi) is 3.74. The van der Waals surface area contributed by atoms with Gasteiger partial charge < -0.3 is 5.32 Å². The molecule has 0 aliphatic carbocycles. The number of benzene rings is 1. The van der Waals surface area contributed by atoms with Crippen LogP contribution in [0, 0.1) is 0 Å². The zero-order valence-corrected chi connectivity index (χ0v) is 12.4. The van der Waals surface area contributed by atoms with E-state index in [4.69, 9.17) is 0 Å². The predicted molar refractivity (Wildman–Crippen MR) is 81.2 cm³/mol. The van der Waals surface area contributed by atoms with Crippen molar-refractivity contribution in [3.8, 4) is 5.82 Å². The van der Waals surface area contributed by atoms with Crippen LogP contribution >= 0.6 is 15.9 Å². The number of amides is 1. The summed E-state index contributed by atoms with van der Waals surface area (Å²) in [6.45, 7) is 0. The molecule has 2 aromatic heterocycles. The third kappa shape index (κ3) is 3.14. The van der Waals surface area contributed by atoms with Crippen LogP contribution in [0.15, 0.2) is 59.7 Å². The standard InChI is InChI=1S/C14H10BrN5O/c15-11-3-1-2-10(6-11)14(21)19-12-4-5-13(16-7-12)20-8-17-18-9-20/h1-9H,(H,19,21). The normalized spacial score (nSPS) is 10.3. The van der Waals surface area contributed by atoms with Crippen LogP contribution in [0.3, 0.4) is 0 Å². The Morgan fingerprint density at radius 1 is 1.14 bits per heavy atom. The maximum Gasteiger partial charge on any atom is 0.255 e. The van der Waals surface area contributed by atoms with Crippen LogP contribution in [0.25, 0.3) is 5.82 Å². The number of carbonyl (C=O) groups excluding carboxylic acids is 1. The van der Waals surface area contributed by atoms with Gasteiger partial charge in [0.15, 0.2) is 0 Å². The van der Waals surface area contributed by atoms with Gasteiger partial charge in [-0.25, -0.2) is 4.98 Å². The van der Waals surface area contributed by atoms with Gasteiger partial charge in [-0.1, -0.05) is 22.0 Å². The highest BCUT2D eigenvalue weighted by atomic mass is 79.9. The minimum absolute atomic E-state index is 0.185. The average molecular weight is 344 g/mol. The minimum atomic E-state index is -0.185. The molecule has 0 saturated heterocycles. The molecule has 3 aromatic rings. The van der Waals surface area contributed by atoms with Crippen molar-refractivity contribution in [3.63, 3.8) is 0 Å². The Morgan fingerprint density at radius 2 is 1.95 bits per heavy atom. The first-order valence-electron chi connectivity index (χ1n) is 6.10. The van der Waals surface area contributed by atoms with Crippen LogP contribution < -0.4 is 5.32 Å². The number of anilines is 1. The molecule has 0 atom stereocenters. The zero-order chi connectivity index (χ0) is 14.7. The molecule has 2 heterocycles. The molecule has 6 nitrogen and oxygen atoms in total. The predicted octanol–water partition coefficient (Wildman–Crippen LogP) is 2.68. The van der Waals surface area contributed by atoms with Gasteiger partial charge in [-0.3, -0.25) is 9.36 Å². The monoisotopic (exact) mass is 343 g/mol. The molecule has 7 heteroatoms. The summed E-state index contributed by atoms with van der Waals surface area (Å²) in [6.07, 6.45) is 4.70. The number of pyridine rings is 1. The van der Waals surface area contributed by atoms with Gasteiger partial charge >= 0.3 is 0 Å². The molecule has 1 amide bonds. The van der Waals surface area contributed by atoms with Crippen LogP contribution in [0.1, 0.15) is 10.4 Å². The Morgan fingerprint density at radius 3 is 2.62 bits per heavy atom. The second-order valence-electron chi connectivity index (χ2n) is 4.24. The molecule has 0 aliphatic heterocycles. The molecule has 0 bridgehead atoms. The Bertz CT molecular complexity index is 755. The molecule has 0 fully saturated rings. The third-order valence-electron chi connectivity index (χ3n) is 2.78. The molecule has 1 N–H and O–H groups in total. The lowest BCUT2D eigenvalue weighted by Crippen LogP contribution is -2.12. The Labute approximate surface area is 129 Å². The molecule has 0 aliphatic rings. The van der Waals surface area contributed by atoms with Crippen LogP contribution in [-0.4, -0.2) is 25.7 Å². The highest BCUT2D eigenvalue weighted by Gasteiger charge is 2.07. The summed E-state index contributed by atoms with van der Waals surface area (Å²) >= 11 is 3.34. The van der Waals surface area contributed by atoms with E-state index in [1.165, 1.54) is 0 Å². The number of hydrogen-bond donors (Lipinski definition) is 1. The first-order chi connectivity index (χ1) is 10.2. The van der Waals surface area contributed by atoms with E-state index in [0.717, 1.165) is 4.47 Å². The molecular weight excluding hydrogens is 334 g/mol. The molecule has 3 rings (SSSR count). The third-order valence-corrected chi connectivity index (χ3v) is 3.27. The lowest BCUT2D eigenvalue weighted by molar-refractivity contribution is 0.102. The number of nitrogens with zero attached hydrogens (tertiary/aromatic N) is 4. The van der Waals surface area contributed by atoms with Crippen molar-refractivity contribution in [2.24, 2.45) is 0 Å². The maximum absolute atomic E-state index is 12.1. The van der Waals surface area contributed by atoms with Gasteiger partial charge in [-0.2, -0.15) is 0 Å². The second kappa shape index (κ2) is 5.84. The van der Waals surface area contributed by atoms with E-state index >= 15 is 0 Å². The van der Waals surface area contributed by atoms with Crippen LogP contribution in [0.5, 0.6) is 0 Å². The largest absolute Gasteiger partial charge is 0.321 e. The highest BCUT2D eigenvalue weighted by Crippen LogP contribution is 2.14. The smallest absolute Gasteiger partial charge is 0.255 e. The quantitative estimate of drug-likeness (QED) is 0.793. The highest BCUT2D eigenvalue weighted by molar-refractivity contribution is 9.10. The number of hydrogen-bond acceptors (Lipinski definition) is 4. The summed E-state index contributed by atoms with van der Waals surface area (Å²) in [5.41, 5.74) is 1.20. The van der Waals surface area contributed by atoms with Crippen molar-refractivity contribution in [1.82, 2.24) is 19.7 Å². The van der Waals surface area contributed by atoms with Crippen LogP contribution in [0.2, 0.25) is 0 Å². The number of aromatic nitrogens is 4. The van der Waals surface area contributed by atoms with Gasteiger partial charge in [-0.05, 0) is 30.3 Å².